The van der Waals surface area contributed by atoms with E-state index in [1.165, 1.54) is 38.5 Å². The summed E-state index contributed by atoms with van der Waals surface area (Å²) < 4.78 is 5.58. The summed E-state index contributed by atoms with van der Waals surface area (Å²) in [7, 11) is 0. The third-order valence-electron chi connectivity index (χ3n) is 3.90. The molecule has 0 aromatic rings. The minimum Gasteiger partial charge on any atom is -0.370 e. The lowest BCUT2D eigenvalue weighted by molar-refractivity contribution is 0.242. The van der Waals surface area contributed by atoms with Crippen molar-refractivity contribution >= 4 is 0 Å². The van der Waals surface area contributed by atoms with Gasteiger partial charge in [0.1, 0.15) is 0 Å². The van der Waals surface area contributed by atoms with Crippen molar-refractivity contribution in [3.8, 4) is 0 Å². The largest absolute Gasteiger partial charge is 0.370 e. The normalized spacial score (nSPS) is 39.7. The van der Waals surface area contributed by atoms with Gasteiger partial charge in [0.15, 0.2) is 0 Å². The van der Waals surface area contributed by atoms with E-state index in [4.69, 9.17) is 4.74 Å². The molecule has 1 saturated heterocycles. The van der Waals surface area contributed by atoms with Crippen LogP contribution >= 0.6 is 0 Å². The summed E-state index contributed by atoms with van der Waals surface area (Å²) in [5, 5.41) is 0. The average molecular weight is 182 g/mol. The van der Waals surface area contributed by atoms with Crippen LogP contribution in [-0.2, 0) is 4.74 Å². The lowest BCUT2D eigenvalue weighted by atomic mass is 9.77. The highest BCUT2D eigenvalue weighted by atomic mass is 16.6. The highest BCUT2D eigenvalue weighted by molar-refractivity contribution is 4.93. The molecule has 0 bridgehead atoms. The third kappa shape index (κ3) is 2.07. The van der Waals surface area contributed by atoms with E-state index < -0.39 is 0 Å². The van der Waals surface area contributed by atoms with Crippen LogP contribution in [0.5, 0.6) is 0 Å². The molecule has 76 valence electrons. The molecule has 2 aliphatic rings. The monoisotopic (exact) mass is 182 g/mol. The second-order valence-electron chi connectivity index (χ2n) is 4.74. The molecule has 1 saturated carbocycles. The van der Waals surface area contributed by atoms with Crippen LogP contribution in [0.2, 0.25) is 0 Å². The number of hydrogen-bond acceptors (Lipinski definition) is 1. The molecule has 0 aromatic carbocycles. The van der Waals surface area contributed by atoms with Crippen LogP contribution in [0.3, 0.4) is 0 Å². The van der Waals surface area contributed by atoms with Crippen molar-refractivity contribution < 1.29 is 4.74 Å². The van der Waals surface area contributed by atoms with E-state index in [1.807, 2.05) is 0 Å². The topological polar surface area (TPSA) is 12.5 Å². The summed E-state index contributed by atoms with van der Waals surface area (Å²) in [6.07, 6.45) is 9.64. The van der Waals surface area contributed by atoms with Gasteiger partial charge in [-0.05, 0) is 31.1 Å². The van der Waals surface area contributed by atoms with Crippen LogP contribution in [0.15, 0.2) is 0 Å². The summed E-state index contributed by atoms with van der Waals surface area (Å²) in [6.45, 7) is 4.65. The van der Waals surface area contributed by atoms with E-state index in [0.717, 1.165) is 11.8 Å². The Hall–Kier alpha value is -0.0400. The van der Waals surface area contributed by atoms with E-state index >= 15 is 0 Å². The first-order chi connectivity index (χ1) is 6.35. The first kappa shape index (κ1) is 9.51. The predicted molar refractivity (Wildman–Crippen MR) is 54.7 cm³/mol. The molecule has 0 radical (unpaired) electrons. The summed E-state index contributed by atoms with van der Waals surface area (Å²) in [5.74, 6) is 1.96. The van der Waals surface area contributed by atoms with Gasteiger partial charge in [0.25, 0.3) is 0 Å². The predicted octanol–water partition coefficient (Wildman–Crippen LogP) is 3.38. The van der Waals surface area contributed by atoms with E-state index in [9.17, 15) is 0 Å². The Labute approximate surface area is 81.9 Å². The fraction of sp³-hybridized carbons (Fsp3) is 1.00. The van der Waals surface area contributed by atoms with Crippen LogP contribution < -0.4 is 0 Å². The highest BCUT2D eigenvalue weighted by Gasteiger charge is 2.44. The number of hydrogen-bond donors (Lipinski definition) is 0. The molecule has 1 heterocycles. The molecule has 4 unspecified atom stereocenters. The van der Waals surface area contributed by atoms with Gasteiger partial charge in [0.2, 0.25) is 0 Å². The maximum absolute atomic E-state index is 5.58. The maximum atomic E-state index is 5.58. The van der Waals surface area contributed by atoms with Crippen molar-refractivity contribution in [1.82, 2.24) is 0 Å². The van der Waals surface area contributed by atoms with Crippen LogP contribution in [-0.4, -0.2) is 12.2 Å². The molecular formula is C12H22O. The fourth-order valence-electron chi connectivity index (χ4n) is 3.01. The van der Waals surface area contributed by atoms with Gasteiger partial charge >= 0.3 is 0 Å². The Morgan fingerprint density at radius 2 is 2.08 bits per heavy atom. The third-order valence-corrected chi connectivity index (χ3v) is 3.90. The molecule has 0 N–H and O–H groups in total. The summed E-state index contributed by atoms with van der Waals surface area (Å²) in [6, 6.07) is 0. The lowest BCUT2D eigenvalue weighted by Crippen LogP contribution is -2.21. The highest BCUT2D eigenvalue weighted by Crippen LogP contribution is 2.43. The minimum atomic E-state index is 0.671. The fourth-order valence-corrected chi connectivity index (χ4v) is 3.01. The van der Waals surface area contributed by atoms with E-state index in [-0.39, 0.29) is 0 Å². The van der Waals surface area contributed by atoms with Crippen molar-refractivity contribution in [1.29, 1.82) is 0 Å². The summed E-state index contributed by atoms with van der Waals surface area (Å²) >= 11 is 0. The average Bonchev–Trinajstić information content (AvgIpc) is 2.91. The molecule has 2 fully saturated rings. The Morgan fingerprint density at radius 1 is 1.23 bits per heavy atom. The second-order valence-corrected chi connectivity index (χ2v) is 4.74. The van der Waals surface area contributed by atoms with E-state index in [2.05, 4.69) is 13.8 Å². The second kappa shape index (κ2) is 4.00. The standard InChI is InChI=1S/C12H22O/c1-3-5-9(4-2)10-6-7-11-12(8-10)13-11/h9-12H,3-8H2,1-2H3. The van der Waals surface area contributed by atoms with E-state index in [1.54, 1.807) is 0 Å². The summed E-state index contributed by atoms with van der Waals surface area (Å²) in [4.78, 5) is 0. The first-order valence-electron chi connectivity index (χ1n) is 6.00. The molecule has 1 nitrogen and oxygen atoms in total. The SMILES string of the molecule is CCCC(CC)C1CCC2OC2C1. The van der Waals surface area contributed by atoms with Crippen LogP contribution in [0.4, 0.5) is 0 Å². The Morgan fingerprint density at radius 3 is 2.69 bits per heavy atom. The maximum Gasteiger partial charge on any atom is 0.0844 e. The van der Waals surface area contributed by atoms with Crippen molar-refractivity contribution in [2.45, 2.75) is 64.6 Å². The number of fused-ring (bicyclic) bond motifs is 1. The Bertz CT molecular complexity index is 167. The van der Waals surface area contributed by atoms with Crippen molar-refractivity contribution in [2.75, 3.05) is 0 Å². The van der Waals surface area contributed by atoms with Crippen LogP contribution in [0.25, 0.3) is 0 Å². The molecular weight excluding hydrogens is 160 g/mol. The van der Waals surface area contributed by atoms with Gasteiger partial charge in [-0.15, -0.1) is 0 Å². The number of rotatable bonds is 4. The van der Waals surface area contributed by atoms with Gasteiger partial charge in [0, 0.05) is 0 Å². The van der Waals surface area contributed by atoms with Crippen LogP contribution in [0, 0.1) is 11.8 Å². The van der Waals surface area contributed by atoms with Crippen molar-refractivity contribution in [3.63, 3.8) is 0 Å². The molecule has 1 heteroatoms. The quantitative estimate of drug-likeness (QED) is 0.607. The minimum absolute atomic E-state index is 0.671. The van der Waals surface area contributed by atoms with Gasteiger partial charge in [-0.3, -0.25) is 0 Å². The smallest absolute Gasteiger partial charge is 0.0844 e. The Kier molecular flexibility index (Phi) is 2.92. The molecule has 0 aromatic heterocycles. The van der Waals surface area contributed by atoms with E-state index in [0.29, 0.717) is 12.2 Å². The molecule has 2 rings (SSSR count). The van der Waals surface area contributed by atoms with Gasteiger partial charge in [-0.2, -0.15) is 0 Å². The molecule has 13 heavy (non-hydrogen) atoms. The van der Waals surface area contributed by atoms with Gasteiger partial charge < -0.3 is 4.74 Å². The van der Waals surface area contributed by atoms with Gasteiger partial charge in [-0.25, -0.2) is 0 Å². The van der Waals surface area contributed by atoms with Crippen molar-refractivity contribution in [2.24, 2.45) is 11.8 Å². The molecule has 0 amide bonds. The lowest BCUT2D eigenvalue weighted by Gasteiger charge is -2.27. The first-order valence-corrected chi connectivity index (χ1v) is 6.00. The summed E-state index contributed by atoms with van der Waals surface area (Å²) in [5.41, 5.74) is 0. The van der Waals surface area contributed by atoms with Gasteiger partial charge in [-0.1, -0.05) is 33.1 Å². The molecule has 4 atom stereocenters. The molecule has 1 aliphatic carbocycles. The van der Waals surface area contributed by atoms with Crippen LogP contribution in [0.1, 0.15) is 52.4 Å². The molecule has 1 aliphatic heterocycles. The number of ether oxygens (including phenoxy) is 1. The number of epoxide rings is 1. The van der Waals surface area contributed by atoms with Crippen molar-refractivity contribution in [3.05, 3.63) is 0 Å². The zero-order valence-electron chi connectivity index (χ0n) is 8.96. The zero-order chi connectivity index (χ0) is 9.26. The zero-order valence-corrected chi connectivity index (χ0v) is 8.96. The molecule has 0 spiro atoms. The Balaban J connectivity index is 1.82. The van der Waals surface area contributed by atoms with Gasteiger partial charge in [0.05, 0.1) is 12.2 Å².